The summed E-state index contributed by atoms with van der Waals surface area (Å²) in [5.74, 6) is -2.63. The number of hydrogen-bond donors (Lipinski definition) is 3. The highest BCUT2D eigenvalue weighted by atomic mass is 16.6. The lowest BCUT2D eigenvalue weighted by Gasteiger charge is -2.27. The number of aliphatic hydroxyl groups excluding tert-OH is 2. The minimum atomic E-state index is -1.40. The Morgan fingerprint density at radius 2 is 1.16 bits per heavy atom. The zero-order valence-electron chi connectivity index (χ0n) is 23.7. The molecular weight excluding hydrogens is 468 g/mol. The summed E-state index contributed by atoms with van der Waals surface area (Å²) < 4.78 is 5.41. The van der Waals surface area contributed by atoms with Crippen molar-refractivity contribution in [3.05, 3.63) is 24.3 Å². The fourth-order valence-electron chi connectivity index (χ4n) is 4.33. The molecule has 0 aliphatic heterocycles. The maximum absolute atomic E-state index is 12.4. The maximum Gasteiger partial charge on any atom is 0.310 e. The summed E-state index contributed by atoms with van der Waals surface area (Å²) in [5.41, 5.74) is 0. The van der Waals surface area contributed by atoms with Crippen molar-refractivity contribution in [3.8, 4) is 0 Å². The number of hydrogen-bond acceptors (Lipinski definition) is 5. The molecule has 0 aliphatic carbocycles. The Kier molecular flexibility index (Phi) is 24.8. The van der Waals surface area contributed by atoms with Crippen molar-refractivity contribution in [3.63, 3.8) is 0 Å². The summed E-state index contributed by atoms with van der Waals surface area (Å²) in [4.78, 5) is 24.3. The first-order chi connectivity index (χ1) is 18.0. The second-order valence-electron chi connectivity index (χ2n) is 10.2. The van der Waals surface area contributed by atoms with Gasteiger partial charge in [-0.1, -0.05) is 102 Å². The lowest BCUT2D eigenvalue weighted by molar-refractivity contribution is -0.169. The number of carboxylic acids is 1. The van der Waals surface area contributed by atoms with Crippen LogP contribution in [0.5, 0.6) is 0 Å². The van der Waals surface area contributed by atoms with Crippen molar-refractivity contribution in [2.24, 2.45) is 5.92 Å². The molecule has 0 bridgehead atoms. The third-order valence-corrected chi connectivity index (χ3v) is 6.72. The van der Waals surface area contributed by atoms with Crippen molar-refractivity contribution < 1.29 is 29.6 Å². The molecular formula is C31H56O6. The van der Waals surface area contributed by atoms with Gasteiger partial charge in [-0.05, 0) is 51.4 Å². The number of esters is 1. The fraction of sp³-hybridized carbons (Fsp3) is 0.806. The van der Waals surface area contributed by atoms with E-state index in [1.807, 2.05) is 0 Å². The predicted molar refractivity (Wildman–Crippen MR) is 151 cm³/mol. The summed E-state index contributed by atoms with van der Waals surface area (Å²) in [5, 5.41) is 29.4. The number of carboxylic acid groups (broad SMARTS) is 1. The Balaban J connectivity index is 4.29. The molecule has 0 aromatic heterocycles. The van der Waals surface area contributed by atoms with Gasteiger partial charge in [-0.25, -0.2) is 0 Å². The van der Waals surface area contributed by atoms with Gasteiger partial charge in [0, 0.05) is 6.42 Å². The van der Waals surface area contributed by atoms with Crippen LogP contribution in [0, 0.1) is 5.92 Å². The first kappa shape index (κ1) is 35.3. The lowest BCUT2D eigenvalue weighted by atomic mass is 9.91. The highest BCUT2D eigenvalue weighted by Gasteiger charge is 2.36. The van der Waals surface area contributed by atoms with Gasteiger partial charge in [0.25, 0.3) is 0 Å². The molecule has 0 aromatic carbocycles. The molecule has 0 fully saturated rings. The minimum Gasteiger partial charge on any atom is -0.481 e. The van der Waals surface area contributed by atoms with Gasteiger partial charge >= 0.3 is 11.9 Å². The number of aliphatic hydroxyl groups is 2. The first-order valence-corrected chi connectivity index (χ1v) is 15.0. The zero-order valence-corrected chi connectivity index (χ0v) is 23.7. The van der Waals surface area contributed by atoms with Gasteiger partial charge in [0.05, 0.1) is 12.5 Å². The van der Waals surface area contributed by atoms with E-state index >= 15 is 0 Å². The number of rotatable bonds is 26. The average Bonchev–Trinajstić information content (AvgIpc) is 2.88. The molecule has 0 spiro atoms. The second-order valence-corrected chi connectivity index (χ2v) is 10.2. The van der Waals surface area contributed by atoms with Crippen molar-refractivity contribution in [2.75, 3.05) is 6.61 Å². The molecule has 0 rings (SSSR count). The molecule has 6 heteroatoms. The van der Waals surface area contributed by atoms with Crippen LogP contribution < -0.4 is 0 Å². The van der Waals surface area contributed by atoms with E-state index in [1.54, 1.807) is 0 Å². The number of aliphatic carboxylic acids is 1. The molecule has 3 unspecified atom stereocenters. The largest absolute Gasteiger partial charge is 0.481 e. The van der Waals surface area contributed by atoms with Gasteiger partial charge in [0.1, 0.15) is 12.2 Å². The SMILES string of the molecule is CCCCC=CCCCCCCCC(=O)OC(C(O)CO)C(CCCCCCC=CCCCC)C(=O)O. The smallest absolute Gasteiger partial charge is 0.310 e. The number of carbonyl (C=O) groups is 2. The molecule has 0 aliphatic rings. The lowest BCUT2D eigenvalue weighted by Crippen LogP contribution is -2.43. The van der Waals surface area contributed by atoms with Crippen LogP contribution in [0.3, 0.4) is 0 Å². The van der Waals surface area contributed by atoms with E-state index in [9.17, 15) is 24.9 Å². The van der Waals surface area contributed by atoms with E-state index in [4.69, 9.17) is 4.74 Å². The Morgan fingerprint density at radius 3 is 1.65 bits per heavy atom. The molecule has 3 atom stereocenters. The average molecular weight is 525 g/mol. The monoisotopic (exact) mass is 524 g/mol. The van der Waals surface area contributed by atoms with Crippen LogP contribution in [0.4, 0.5) is 0 Å². The van der Waals surface area contributed by atoms with Crippen molar-refractivity contribution >= 4 is 11.9 Å². The zero-order chi connectivity index (χ0) is 27.6. The van der Waals surface area contributed by atoms with Gasteiger partial charge in [-0.15, -0.1) is 0 Å². The Morgan fingerprint density at radius 1 is 0.703 bits per heavy atom. The van der Waals surface area contributed by atoms with Gasteiger partial charge in [-0.2, -0.15) is 0 Å². The normalized spacial score (nSPS) is 14.3. The Labute approximate surface area is 226 Å². The van der Waals surface area contributed by atoms with E-state index in [0.717, 1.165) is 70.6 Å². The highest BCUT2D eigenvalue weighted by molar-refractivity contribution is 5.73. The Bertz CT molecular complexity index is 601. The van der Waals surface area contributed by atoms with Crippen LogP contribution >= 0.6 is 0 Å². The molecule has 0 saturated heterocycles. The molecule has 0 saturated carbocycles. The Hall–Kier alpha value is -1.66. The van der Waals surface area contributed by atoms with Crippen molar-refractivity contribution in [1.82, 2.24) is 0 Å². The van der Waals surface area contributed by atoms with E-state index in [0.29, 0.717) is 19.3 Å². The highest BCUT2D eigenvalue weighted by Crippen LogP contribution is 2.22. The first-order valence-electron chi connectivity index (χ1n) is 15.0. The molecule has 6 nitrogen and oxygen atoms in total. The predicted octanol–water partition coefficient (Wildman–Crippen LogP) is 7.52. The molecule has 3 N–H and O–H groups in total. The number of unbranched alkanes of at least 4 members (excludes halogenated alkanes) is 13. The molecule has 37 heavy (non-hydrogen) atoms. The van der Waals surface area contributed by atoms with Gasteiger partial charge < -0.3 is 20.1 Å². The summed E-state index contributed by atoms with van der Waals surface area (Å²) in [6.07, 6.45) is 24.7. The molecule has 0 radical (unpaired) electrons. The molecule has 216 valence electrons. The van der Waals surface area contributed by atoms with Crippen molar-refractivity contribution in [1.29, 1.82) is 0 Å². The van der Waals surface area contributed by atoms with E-state index in [-0.39, 0.29) is 6.42 Å². The van der Waals surface area contributed by atoms with Crippen LogP contribution in [0.1, 0.15) is 136 Å². The van der Waals surface area contributed by atoms with Crippen molar-refractivity contribution in [2.45, 2.75) is 148 Å². The van der Waals surface area contributed by atoms with Gasteiger partial charge in [0.2, 0.25) is 0 Å². The number of ether oxygens (including phenoxy) is 1. The topological polar surface area (TPSA) is 104 Å². The summed E-state index contributed by atoms with van der Waals surface area (Å²) >= 11 is 0. The second kappa shape index (κ2) is 26.0. The van der Waals surface area contributed by atoms with E-state index < -0.39 is 36.7 Å². The van der Waals surface area contributed by atoms with Gasteiger partial charge in [0.15, 0.2) is 0 Å². The number of carbonyl (C=O) groups excluding carboxylic acids is 1. The summed E-state index contributed by atoms with van der Waals surface area (Å²) in [6, 6.07) is 0. The summed E-state index contributed by atoms with van der Waals surface area (Å²) in [6.45, 7) is 3.74. The van der Waals surface area contributed by atoms with E-state index in [2.05, 4.69) is 38.2 Å². The third-order valence-electron chi connectivity index (χ3n) is 6.72. The van der Waals surface area contributed by atoms with Gasteiger partial charge in [-0.3, -0.25) is 9.59 Å². The van der Waals surface area contributed by atoms with Crippen LogP contribution in [0.25, 0.3) is 0 Å². The minimum absolute atomic E-state index is 0.198. The molecule has 0 amide bonds. The van der Waals surface area contributed by atoms with Crippen LogP contribution in [-0.4, -0.2) is 46.1 Å². The van der Waals surface area contributed by atoms with E-state index in [1.165, 1.54) is 25.7 Å². The summed E-state index contributed by atoms with van der Waals surface area (Å²) in [7, 11) is 0. The maximum atomic E-state index is 12.4. The standard InChI is InChI=1S/C31H56O6/c1-3-5-7-9-11-13-15-17-19-21-23-25-29(34)37-30(28(33)26-32)27(31(35)36)24-22-20-18-16-14-12-10-8-6-4-2/h9-12,27-28,30,32-33H,3-8,13-26H2,1-2H3,(H,35,36). The van der Waals surface area contributed by atoms with Crippen LogP contribution in [0.2, 0.25) is 0 Å². The molecule has 0 aromatic rings. The van der Waals surface area contributed by atoms with Crippen LogP contribution in [0.15, 0.2) is 24.3 Å². The fourth-order valence-corrected chi connectivity index (χ4v) is 4.33. The van der Waals surface area contributed by atoms with Crippen LogP contribution in [-0.2, 0) is 14.3 Å². The number of allylic oxidation sites excluding steroid dienone is 4. The quantitative estimate of drug-likeness (QED) is 0.0614. The third kappa shape index (κ3) is 21.0. The molecule has 0 heterocycles.